The first-order valence-electron chi connectivity index (χ1n) is 5.72. The predicted molar refractivity (Wildman–Crippen MR) is 73.4 cm³/mol. The highest BCUT2D eigenvalue weighted by Gasteiger charge is 2.11. The minimum absolute atomic E-state index is 0.750. The first-order chi connectivity index (χ1) is 8.13. The van der Waals surface area contributed by atoms with Gasteiger partial charge < -0.3 is 11.1 Å². The van der Waals surface area contributed by atoms with Crippen molar-refractivity contribution >= 4 is 22.8 Å². The van der Waals surface area contributed by atoms with Crippen molar-refractivity contribution in [2.45, 2.75) is 33.9 Å². The van der Waals surface area contributed by atoms with E-state index >= 15 is 0 Å². The van der Waals surface area contributed by atoms with E-state index in [0.717, 1.165) is 30.3 Å². The van der Waals surface area contributed by atoms with Gasteiger partial charge in [-0.1, -0.05) is 0 Å². The molecule has 0 aromatic carbocycles. The first kappa shape index (κ1) is 12.0. The summed E-state index contributed by atoms with van der Waals surface area (Å²) in [7, 11) is 0. The van der Waals surface area contributed by atoms with Crippen LogP contribution in [0, 0.1) is 13.8 Å². The predicted octanol–water partition coefficient (Wildman–Crippen LogP) is 2.78. The Morgan fingerprint density at radius 2 is 2.18 bits per heavy atom. The lowest BCUT2D eigenvalue weighted by Gasteiger charge is -2.09. The van der Waals surface area contributed by atoms with Crippen molar-refractivity contribution in [3.05, 3.63) is 27.6 Å². The van der Waals surface area contributed by atoms with Crippen LogP contribution in [0.15, 0.2) is 10.8 Å². The van der Waals surface area contributed by atoms with Crippen LogP contribution in [0.3, 0.4) is 0 Å². The third-order valence-corrected chi connectivity index (χ3v) is 3.79. The minimum Gasteiger partial charge on any atom is -0.394 e. The van der Waals surface area contributed by atoms with E-state index in [1.165, 1.54) is 11.1 Å². The lowest BCUT2D eigenvalue weighted by atomic mass is 10.2. The molecule has 2 rings (SSSR count). The van der Waals surface area contributed by atoms with E-state index in [1.54, 1.807) is 11.3 Å². The van der Waals surface area contributed by atoms with Crippen molar-refractivity contribution in [1.29, 1.82) is 0 Å². The van der Waals surface area contributed by atoms with E-state index in [9.17, 15) is 0 Å². The lowest BCUT2D eigenvalue weighted by molar-refractivity contribution is 0.657. The quantitative estimate of drug-likeness (QED) is 0.877. The van der Waals surface area contributed by atoms with E-state index in [4.69, 9.17) is 5.73 Å². The third-order valence-electron chi connectivity index (χ3n) is 2.88. The molecule has 0 unspecified atom stereocenters. The largest absolute Gasteiger partial charge is 0.394 e. The average Bonchev–Trinajstić information content (AvgIpc) is 2.83. The van der Waals surface area contributed by atoms with Crippen LogP contribution in [-0.4, -0.2) is 9.78 Å². The number of aromatic nitrogens is 2. The number of aryl methyl sites for hydroxylation is 3. The zero-order valence-corrected chi connectivity index (χ0v) is 11.3. The fraction of sp³-hybridized carbons (Fsp3) is 0.417. The van der Waals surface area contributed by atoms with Crippen LogP contribution in [0.1, 0.15) is 23.7 Å². The molecule has 2 aromatic rings. The standard InChI is InChI=1S/C12H18N4S/c1-4-16-12(11(13)9(3)15-16)14-5-10-7-17-6-8(10)2/h6-7,14H,4-5,13H2,1-3H3. The SMILES string of the molecule is CCn1nc(C)c(N)c1NCc1cscc1C. The fourth-order valence-corrected chi connectivity index (χ4v) is 2.61. The molecule has 0 radical (unpaired) electrons. The van der Waals surface area contributed by atoms with Gasteiger partial charge in [-0.3, -0.25) is 0 Å². The molecule has 92 valence electrons. The van der Waals surface area contributed by atoms with Gasteiger partial charge in [0, 0.05) is 13.1 Å². The summed E-state index contributed by atoms with van der Waals surface area (Å²) in [5.41, 5.74) is 10.3. The van der Waals surface area contributed by atoms with E-state index in [1.807, 2.05) is 11.6 Å². The highest BCUT2D eigenvalue weighted by atomic mass is 32.1. The van der Waals surface area contributed by atoms with Crippen molar-refractivity contribution in [2.75, 3.05) is 11.1 Å². The smallest absolute Gasteiger partial charge is 0.148 e. The fourth-order valence-electron chi connectivity index (χ4n) is 1.76. The normalized spacial score (nSPS) is 10.8. The number of nitrogens with zero attached hydrogens (tertiary/aromatic N) is 2. The molecule has 0 fully saturated rings. The average molecular weight is 250 g/mol. The number of nitrogens with one attached hydrogen (secondary N) is 1. The molecule has 17 heavy (non-hydrogen) atoms. The highest BCUT2D eigenvalue weighted by molar-refractivity contribution is 7.08. The molecule has 2 heterocycles. The Morgan fingerprint density at radius 3 is 2.76 bits per heavy atom. The molecule has 3 N–H and O–H groups in total. The second-order valence-corrected chi connectivity index (χ2v) is 4.84. The number of anilines is 2. The van der Waals surface area contributed by atoms with Crippen molar-refractivity contribution in [3.8, 4) is 0 Å². The first-order valence-corrected chi connectivity index (χ1v) is 6.66. The summed E-state index contributed by atoms with van der Waals surface area (Å²) in [5.74, 6) is 0.926. The van der Waals surface area contributed by atoms with Gasteiger partial charge in [0.15, 0.2) is 0 Å². The monoisotopic (exact) mass is 250 g/mol. The minimum atomic E-state index is 0.750. The van der Waals surface area contributed by atoms with Crippen molar-refractivity contribution in [1.82, 2.24) is 9.78 Å². The van der Waals surface area contributed by atoms with Crippen LogP contribution < -0.4 is 11.1 Å². The molecule has 0 aliphatic rings. The summed E-state index contributed by atoms with van der Waals surface area (Å²) in [6.45, 7) is 7.74. The van der Waals surface area contributed by atoms with Gasteiger partial charge in [-0.2, -0.15) is 16.4 Å². The zero-order valence-electron chi connectivity index (χ0n) is 10.4. The van der Waals surface area contributed by atoms with Crippen LogP contribution >= 0.6 is 11.3 Å². The summed E-state index contributed by atoms with van der Waals surface area (Å²) in [6.07, 6.45) is 0. The Morgan fingerprint density at radius 1 is 1.41 bits per heavy atom. The number of rotatable bonds is 4. The molecule has 0 saturated carbocycles. The van der Waals surface area contributed by atoms with Crippen LogP contribution in [-0.2, 0) is 13.1 Å². The molecule has 5 heteroatoms. The Labute approximate surface area is 105 Å². The summed E-state index contributed by atoms with van der Waals surface area (Å²) < 4.78 is 1.91. The molecule has 0 aliphatic carbocycles. The number of thiophene rings is 1. The van der Waals surface area contributed by atoms with Crippen LogP contribution in [0.5, 0.6) is 0 Å². The van der Waals surface area contributed by atoms with Crippen molar-refractivity contribution in [3.63, 3.8) is 0 Å². The van der Waals surface area contributed by atoms with E-state index < -0.39 is 0 Å². The molecular formula is C12H18N4S. The number of hydrogen-bond acceptors (Lipinski definition) is 4. The van der Waals surface area contributed by atoms with Gasteiger partial charge in [-0.25, -0.2) is 4.68 Å². The van der Waals surface area contributed by atoms with Crippen LogP contribution in [0.4, 0.5) is 11.5 Å². The number of nitrogens with two attached hydrogens (primary N) is 1. The van der Waals surface area contributed by atoms with E-state index in [2.05, 4.69) is 35.0 Å². The van der Waals surface area contributed by atoms with Gasteiger partial charge in [-0.05, 0) is 42.7 Å². The summed E-state index contributed by atoms with van der Waals surface area (Å²) in [5, 5.41) is 12.1. The summed E-state index contributed by atoms with van der Waals surface area (Å²) >= 11 is 1.73. The number of hydrogen-bond donors (Lipinski definition) is 2. The van der Waals surface area contributed by atoms with E-state index in [0.29, 0.717) is 0 Å². The second kappa shape index (κ2) is 4.79. The summed E-state index contributed by atoms with van der Waals surface area (Å²) in [4.78, 5) is 0. The molecule has 0 aliphatic heterocycles. The van der Waals surface area contributed by atoms with Gasteiger partial charge in [-0.15, -0.1) is 0 Å². The lowest BCUT2D eigenvalue weighted by Crippen LogP contribution is -2.08. The van der Waals surface area contributed by atoms with Crippen molar-refractivity contribution < 1.29 is 0 Å². The summed E-state index contributed by atoms with van der Waals surface area (Å²) in [6, 6.07) is 0. The molecule has 0 atom stereocenters. The molecule has 2 aromatic heterocycles. The molecule has 0 amide bonds. The Kier molecular flexibility index (Phi) is 3.38. The Balaban J connectivity index is 2.16. The molecule has 0 saturated heterocycles. The van der Waals surface area contributed by atoms with Gasteiger partial charge in [0.2, 0.25) is 0 Å². The highest BCUT2D eigenvalue weighted by Crippen LogP contribution is 2.23. The molecular weight excluding hydrogens is 232 g/mol. The maximum absolute atomic E-state index is 6.01. The van der Waals surface area contributed by atoms with Gasteiger partial charge >= 0.3 is 0 Å². The zero-order chi connectivity index (χ0) is 12.4. The van der Waals surface area contributed by atoms with Gasteiger partial charge in [0.1, 0.15) is 5.82 Å². The topological polar surface area (TPSA) is 55.9 Å². The Bertz CT molecular complexity index is 513. The van der Waals surface area contributed by atoms with Gasteiger partial charge in [0.05, 0.1) is 11.4 Å². The Hall–Kier alpha value is -1.49. The third kappa shape index (κ3) is 2.29. The van der Waals surface area contributed by atoms with E-state index in [-0.39, 0.29) is 0 Å². The number of nitrogen functional groups attached to an aromatic ring is 1. The molecule has 0 spiro atoms. The van der Waals surface area contributed by atoms with Crippen LogP contribution in [0.2, 0.25) is 0 Å². The van der Waals surface area contributed by atoms with Gasteiger partial charge in [0.25, 0.3) is 0 Å². The van der Waals surface area contributed by atoms with Crippen LogP contribution in [0.25, 0.3) is 0 Å². The molecule has 0 bridgehead atoms. The molecule has 4 nitrogen and oxygen atoms in total. The van der Waals surface area contributed by atoms with Crippen molar-refractivity contribution in [2.24, 2.45) is 0 Å². The maximum atomic E-state index is 6.01. The second-order valence-electron chi connectivity index (χ2n) is 4.10. The maximum Gasteiger partial charge on any atom is 0.148 e.